The number of aromatic nitrogens is 4. The van der Waals surface area contributed by atoms with Crippen LogP contribution in [0.2, 0.25) is 0 Å². The minimum Gasteiger partial charge on any atom is -0.480 e. The molecule has 5 aromatic rings. The van der Waals surface area contributed by atoms with Crippen molar-refractivity contribution in [3.05, 3.63) is 108 Å². The molecule has 19 nitrogen and oxygen atoms in total. The van der Waals surface area contributed by atoms with E-state index in [0.717, 1.165) is 25.7 Å². The zero-order valence-electron chi connectivity index (χ0n) is 41.2. The second-order valence-electron chi connectivity index (χ2n) is 15.9. The van der Waals surface area contributed by atoms with Crippen LogP contribution in [0.5, 0.6) is 23.1 Å². The average molecular weight is 1070 g/mol. The highest BCUT2D eigenvalue weighted by atomic mass is 31.2. The largest absolute Gasteiger partial charge is 0.513 e. The van der Waals surface area contributed by atoms with Gasteiger partial charge in [-0.25, -0.2) is 32.3 Å². The maximum atomic E-state index is 14.1. The van der Waals surface area contributed by atoms with E-state index in [9.17, 15) is 40.7 Å². The molecule has 5 rings (SSSR count). The summed E-state index contributed by atoms with van der Waals surface area (Å²) in [5, 5.41) is 4.80. The van der Waals surface area contributed by atoms with Gasteiger partial charge in [-0.15, -0.1) is 0 Å². The van der Waals surface area contributed by atoms with E-state index in [0.29, 0.717) is 29.5 Å². The summed E-state index contributed by atoms with van der Waals surface area (Å²) in [6, 6.07) is 13.3. The number of para-hydroxylation sites is 2. The Morgan fingerprint density at radius 1 is 0.685 bits per heavy atom. The van der Waals surface area contributed by atoms with Crippen molar-refractivity contribution in [1.29, 1.82) is 0 Å². The maximum Gasteiger partial charge on any atom is 0.513 e. The first kappa shape index (κ1) is 59.4. The molecule has 4 N–H and O–H groups in total. The molecular weight excluding hydrogens is 1010 g/mol. The van der Waals surface area contributed by atoms with E-state index in [1.54, 1.807) is 60.4 Å². The maximum absolute atomic E-state index is 14.1. The third-order valence-electron chi connectivity index (χ3n) is 10.6. The molecule has 0 spiro atoms. The molecule has 0 amide bonds. The number of nitrogen functional groups attached to an aromatic ring is 1. The van der Waals surface area contributed by atoms with E-state index in [1.165, 1.54) is 44.5 Å². The number of anilines is 1. The van der Waals surface area contributed by atoms with E-state index < -0.39 is 74.4 Å². The number of nitrogens with two attached hydrogens (primary N) is 1. The first-order valence-corrected chi connectivity index (χ1v) is 26.1. The van der Waals surface area contributed by atoms with Crippen LogP contribution in [-0.2, 0) is 44.2 Å². The molecule has 400 valence electrons. The van der Waals surface area contributed by atoms with Gasteiger partial charge in [0.05, 0.1) is 51.1 Å². The molecule has 0 saturated heterocycles. The fourth-order valence-corrected chi connectivity index (χ4v) is 9.13. The summed E-state index contributed by atoms with van der Waals surface area (Å²) >= 11 is 0. The van der Waals surface area contributed by atoms with Crippen molar-refractivity contribution in [1.82, 2.24) is 29.7 Å². The summed E-state index contributed by atoms with van der Waals surface area (Å²) < 4.78 is 140. The van der Waals surface area contributed by atoms with Crippen LogP contribution in [0.1, 0.15) is 67.2 Å². The van der Waals surface area contributed by atoms with Gasteiger partial charge in [0, 0.05) is 12.4 Å². The molecule has 0 saturated carbocycles. The Balaban J connectivity index is 0.000000323. The summed E-state index contributed by atoms with van der Waals surface area (Å²) in [6.07, 6.45) is 8.12. The van der Waals surface area contributed by atoms with E-state index in [2.05, 4.69) is 25.1 Å². The fraction of sp³-hybridized carbons (Fsp3) is 0.426. The Kier molecular flexibility index (Phi) is 23.5. The van der Waals surface area contributed by atoms with Gasteiger partial charge in [0.1, 0.15) is 30.3 Å². The van der Waals surface area contributed by atoms with Crippen LogP contribution in [0.15, 0.2) is 79.4 Å². The van der Waals surface area contributed by atoms with Crippen molar-refractivity contribution in [2.24, 2.45) is 11.8 Å². The van der Waals surface area contributed by atoms with E-state index in [4.69, 9.17) is 42.8 Å². The van der Waals surface area contributed by atoms with Crippen LogP contribution < -0.4 is 34.2 Å². The second kappa shape index (κ2) is 28.9. The molecule has 0 bridgehead atoms. The standard InChI is InChI=1S/C26H37N6O7P.C21H23F5NO5P/c1-5-20(6-2)16-37-25(33)19(3)31-40(34,39-21-10-8-7-9-11-21)38-13-12-36-18-32-15-23(29-17-32)22-14-28-26(27)30-24(22)35-4;1-4-13(5-2)11-30-21(28)12(3)27-33(29,31-14-9-7-6-8-10-14)32-20-18(25)16(23)15(22)17(24)19(20)26/h7-11,14-15,17,19-20H,5-6,12-13,16,18H2,1-4H3,(H,31,34)(H2,27,28,30);6-10,12-13H,4-5,11H2,1-3H3,(H,27,29)/t19-,40?;12-,33?/m00/s1. The van der Waals surface area contributed by atoms with Gasteiger partial charge in [-0.05, 0) is 49.9 Å². The molecule has 2 heterocycles. The molecule has 0 aliphatic rings. The first-order valence-electron chi connectivity index (χ1n) is 23.0. The van der Waals surface area contributed by atoms with Gasteiger partial charge in [0.2, 0.25) is 46.7 Å². The number of hydrogen-bond donors (Lipinski definition) is 3. The Bertz CT molecular complexity index is 2610. The van der Waals surface area contributed by atoms with Crippen molar-refractivity contribution in [2.75, 3.05) is 39.3 Å². The number of esters is 2. The van der Waals surface area contributed by atoms with Gasteiger partial charge in [-0.3, -0.25) is 14.1 Å². The smallest absolute Gasteiger partial charge is 0.480 e. The van der Waals surface area contributed by atoms with Crippen LogP contribution in [0.4, 0.5) is 27.9 Å². The molecule has 0 aliphatic carbocycles. The van der Waals surface area contributed by atoms with E-state index >= 15 is 0 Å². The molecule has 4 atom stereocenters. The third-order valence-corrected chi connectivity index (χ3v) is 13.8. The minimum atomic E-state index is -4.93. The van der Waals surface area contributed by atoms with Crippen LogP contribution in [0.25, 0.3) is 11.3 Å². The average Bonchev–Trinajstić information content (AvgIpc) is 3.86. The van der Waals surface area contributed by atoms with Crippen LogP contribution in [-0.4, -0.2) is 77.1 Å². The summed E-state index contributed by atoms with van der Waals surface area (Å²) in [5.74, 6) is -14.0. The Labute approximate surface area is 419 Å². The number of rotatable bonds is 28. The number of carbonyl (C=O) groups excluding carboxylic acids is 2. The first-order chi connectivity index (χ1) is 34.8. The van der Waals surface area contributed by atoms with Gasteiger partial charge >= 0.3 is 27.4 Å². The van der Waals surface area contributed by atoms with Crippen LogP contribution >= 0.6 is 15.5 Å². The third kappa shape index (κ3) is 18.1. The van der Waals surface area contributed by atoms with Gasteiger partial charge in [-0.1, -0.05) is 89.8 Å². The van der Waals surface area contributed by atoms with Crippen LogP contribution in [0.3, 0.4) is 0 Å². The Morgan fingerprint density at radius 2 is 1.16 bits per heavy atom. The van der Waals surface area contributed by atoms with Crippen molar-refractivity contribution < 1.29 is 77.7 Å². The quantitative estimate of drug-likeness (QED) is 0.0105. The topological polar surface area (TPSA) is 236 Å². The molecular formula is C47H60F5N7O12P2. The number of halogens is 5. The van der Waals surface area contributed by atoms with Gasteiger partial charge in [0.25, 0.3) is 0 Å². The fourth-order valence-electron chi connectivity index (χ4n) is 6.13. The number of imidazole rings is 1. The monoisotopic (exact) mass is 1070 g/mol. The molecule has 3 aromatic carbocycles. The lowest BCUT2D eigenvalue weighted by molar-refractivity contribution is -0.147. The number of methoxy groups -OCH3 is 1. The highest BCUT2D eigenvalue weighted by Gasteiger charge is 2.39. The number of nitrogens with zero attached hydrogens (tertiary/aromatic N) is 4. The number of hydrogen-bond acceptors (Lipinski definition) is 16. The van der Waals surface area contributed by atoms with Gasteiger partial charge in [-0.2, -0.15) is 23.9 Å². The Morgan fingerprint density at radius 3 is 1.66 bits per heavy atom. The second-order valence-corrected chi connectivity index (χ2v) is 19.2. The summed E-state index contributed by atoms with van der Waals surface area (Å²) in [5.41, 5.74) is 6.77. The number of benzene rings is 3. The van der Waals surface area contributed by atoms with Gasteiger partial charge < -0.3 is 42.8 Å². The van der Waals surface area contributed by atoms with Gasteiger partial charge in [0.15, 0.2) is 0 Å². The van der Waals surface area contributed by atoms with Crippen molar-refractivity contribution >= 4 is 33.4 Å². The summed E-state index contributed by atoms with van der Waals surface area (Å²) in [7, 11) is -7.41. The Hall–Kier alpha value is -6.16. The molecule has 26 heteroatoms. The number of carbonyl (C=O) groups is 2. The van der Waals surface area contributed by atoms with Crippen molar-refractivity contribution in [3.63, 3.8) is 0 Å². The number of nitrogens with one attached hydrogen (secondary N) is 2. The van der Waals surface area contributed by atoms with Crippen LogP contribution in [0, 0.1) is 40.9 Å². The zero-order valence-corrected chi connectivity index (χ0v) is 43.0. The zero-order chi connectivity index (χ0) is 53.7. The molecule has 0 aliphatic heterocycles. The molecule has 73 heavy (non-hydrogen) atoms. The minimum absolute atomic E-state index is 0.0696. The van der Waals surface area contributed by atoms with Crippen molar-refractivity contribution in [3.8, 4) is 34.4 Å². The molecule has 2 unspecified atom stereocenters. The molecule has 0 radical (unpaired) electrons. The predicted molar refractivity (Wildman–Crippen MR) is 258 cm³/mol. The molecule has 2 aromatic heterocycles. The predicted octanol–water partition coefficient (Wildman–Crippen LogP) is 9.97. The lowest BCUT2D eigenvalue weighted by Crippen LogP contribution is -2.36. The lowest BCUT2D eigenvalue weighted by Gasteiger charge is -2.24. The number of ether oxygens (including phenoxy) is 4. The summed E-state index contributed by atoms with van der Waals surface area (Å²) in [6.45, 7) is 11.2. The van der Waals surface area contributed by atoms with Crippen molar-refractivity contribution in [2.45, 2.75) is 86.0 Å². The SMILES string of the molecule is CCC(CC)COC(=O)[C@H](C)NP(=O)(OCCOCn1cnc(-c2cnc(N)nc2OC)c1)Oc1ccccc1.CCC(CC)COC(=O)[C@H](C)NP(=O)(Oc1ccccc1)Oc1c(F)c(F)c(F)c(F)c1F. The lowest BCUT2D eigenvalue weighted by atomic mass is 10.1. The van der Waals surface area contributed by atoms with E-state index in [1.807, 2.05) is 27.7 Å². The normalized spacial score (nSPS) is 13.7. The highest BCUT2D eigenvalue weighted by Crippen LogP contribution is 2.48. The van der Waals surface area contributed by atoms with E-state index in [-0.39, 0.29) is 50.1 Å². The molecule has 0 fully saturated rings. The highest BCUT2D eigenvalue weighted by molar-refractivity contribution is 7.52. The summed E-state index contributed by atoms with van der Waals surface area (Å²) in [4.78, 5) is 37.2.